The quantitative estimate of drug-likeness (QED) is 0.840. The van der Waals surface area contributed by atoms with E-state index in [2.05, 4.69) is 5.32 Å². The van der Waals surface area contributed by atoms with Crippen LogP contribution in [0.25, 0.3) is 0 Å². The van der Waals surface area contributed by atoms with Crippen molar-refractivity contribution in [2.24, 2.45) is 5.92 Å². The monoisotopic (exact) mass is 281 g/mol. The van der Waals surface area contributed by atoms with Gasteiger partial charge in [0.2, 0.25) is 0 Å². The van der Waals surface area contributed by atoms with Crippen LogP contribution >= 0.6 is 11.8 Å². The van der Waals surface area contributed by atoms with Crippen molar-refractivity contribution in [3.63, 3.8) is 0 Å². The van der Waals surface area contributed by atoms with Gasteiger partial charge in [-0.05, 0) is 54.5 Å². The first-order valence-electron chi connectivity index (χ1n) is 6.90. The van der Waals surface area contributed by atoms with Crippen molar-refractivity contribution in [1.82, 2.24) is 5.32 Å². The second-order valence-corrected chi connectivity index (χ2v) is 6.23. The first-order valence-corrected chi connectivity index (χ1v) is 8.05. The SMILES string of the molecule is COc1cccc(C(O)CNCC2CCSCC2)c1. The number of benzene rings is 1. The first kappa shape index (κ1) is 14.7. The minimum absolute atomic E-state index is 0.465. The average molecular weight is 281 g/mol. The van der Waals surface area contributed by atoms with E-state index in [-0.39, 0.29) is 0 Å². The average Bonchev–Trinajstić information content (AvgIpc) is 2.48. The van der Waals surface area contributed by atoms with E-state index in [0.29, 0.717) is 6.54 Å². The lowest BCUT2D eigenvalue weighted by Gasteiger charge is -2.22. The highest BCUT2D eigenvalue weighted by molar-refractivity contribution is 7.99. The number of nitrogens with one attached hydrogen (secondary N) is 1. The van der Waals surface area contributed by atoms with E-state index in [4.69, 9.17) is 4.74 Å². The van der Waals surface area contributed by atoms with E-state index in [1.165, 1.54) is 24.3 Å². The van der Waals surface area contributed by atoms with Crippen LogP contribution in [0.4, 0.5) is 0 Å². The summed E-state index contributed by atoms with van der Waals surface area (Å²) in [5.74, 6) is 4.13. The lowest BCUT2D eigenvalue weighted by Crippen LogP contribution is -2.29. The molecule has 1 aromatic carbocycles. The van der Waals surface area contributed by atoms with Crippen LogP contribution in [-0.4, -0.2) is 36.8 Å². The summed E-state index contributed by atoms with van der Waals surface area (Å²) in [7, 11) is 1.64. The Bertz CT molecular complexity index is 380. The van der Waals surface area contributed by atoms with Crippen LogP contribution in [0, 0.1) is 5.92 Å². The zero-order valence-electron chi connectivity index (χ0n) is 11.5. The largest absolute Gasteiger partial charge is 0.497 e. The number of hydrogen-bond acceptors (Lipinski definition) is 4. The normalized spacial score (nSPS) is 18.2. The number of aliphatic hydroxyl groups excluding tert-OH is 1. The maximum absolute atomic E-state index is 10.1. The molecule has 0 radical (unpaired) electrons. The Morgan fingerprint density at radius 2 is 2.21 bits per heavy atom. The number of rotatable bonds is 6. The van der Waals surface area contributed by atoms with Crippen LogP contribution < -0.4 is 10.1 Å². The Morgan fingerprint density at radius 1 is 1.42 bits per heavy atom. The van der Waals surface area contributed by atoms with Gasteiger partial charge in [0.15, 0.2) is 0 Å². The molecule has 1 fully saturated rings. The van der Waals surface area contributed by atoms with Gasteiger partial charge in [0.25, 0.3) is 0 Å². The number of ether oxygens (including phenoxy) is 1. The fraction of sp³-hybridized carbons (Fsp3) is 0.600. The van der Waals surface area contributed by atoms with Gasteiger partial charge < -0.3 is 15.2 Å². The Morgan fingerprint density at radius 3 is 2.95 bits per heavy atom. The summed E-state index contributed by atoms with van der Waals surface area (Å²) in [6, 6.07) is 7.63. The predicted octanol–water partition coefficient (Wildman–Crippen LogP) is 2.46. The van der Waals surface area contributed by atoms with Crippen molar-refractivity contribution in [2.45, 2.75) is 18.9 Å². The van der Waals surface area contributed by atoms with Gasteiger partial charge in [-0.2, -0.15) is 11.8 Å². The molecule has 0 amide bonds. The molecule has 19 heavy (non-hydrogen) atoms. The summed E-state index contributed by atoms with van der Waals surface area (Å²) in [5, 5.41) is 13.5. The van der Waals surface area contributed by atoms with Crippen molar-refractivity contribution in [3.05, 3.63) is 29.8 Å². The molecule has 1 saturated heterocycles. The number of methoxy groups -OCH3 is 1. The molecule has 4 heteroatoms. The molecule has 2 rings (SSSR count). The number of aliphatic hydroxyl groups is 1. The van der Waals surface area contributed by atoms with Gasteiger partial charge in [-0.3, -0.25) is 0 Å². The van der Waals surface area contributed by atoms with Crippen molar-refractivity contribution in [2.75, 3.05) is 31.7 Å². The maximum Gasteiger partial charge on any atom is 0.119 e. The van der Waals surface area contributed by atoms with Crippen molar-refractivity contribution in [3.8, 4) is 5.75 Å². The van der Waals surface area contributed by atoms with Gasteiger partial charge in [0.05, 0.1) is 13.2 Å². The van der Waals surface area contributed by atoms with Crippen molar-refractivity contribution >= 4 is 11.8 Å². The van der Waals surface area contributed by atoms with Gasteiger partial charge in [-0.25, -0.2) is 0 Å². The fourth-order valence-corrected chi connectivity index (χ4v) is 3.55. The molecule has 3 nitrogen and oxygen atoms in total. The first-order chi connectivity index (χ1) is 9.29. The second-order valence-electron chi connectivity index (χ2n) is 5.01. The highest BCUT2D eigenvalue weighted by Crippen LogP contribution is 2.22. The van der Waals surface area contributed by atoms with E-state index in [1.54, 1.807) is 7.11 Å². The third kappa shape index (κ3) is 4.71. The van der Waals surface area contributed by atoms with E-state index < -0.39 is 6.10 Å². The fourth-order valence-electron chi connectivity index (χ4n) is 2.34. The van der Waals surface area contributed by atoms with Gasteiger partial charge in [0.1, 0.15) is 5.75 Å². The molecule has 1 aromatic rings. The molecule has 1 aliphatic heterocycles. The summed E-state index contributed by atoms with van der Waals surface area (Å²) in [4.78, 5) is 0. The lowest BCUT2D eigenvalue weighted by molar-refractivity contribution is 0.172. The molecule has 0 spiro atoms. The zero-order valence-corrected chi connectivity index (χ0v) is 12.3. The summed E-state index contributed by atoms with van der Waals surface area (Å²) in [6.45, 7) is 1.62. The summed E-state index contributed by atoms with van der Waals surface area (Å²) >= 11 is 2.05. The molecule has 106 valence electrons. The molecule has 0 aromatic heterocycles. The number of thioether (sulfide) groups is 1. The maximum atomic E-state index is 10.1. The van der Waals surface area contributed by atoms with Crippen LogP contribution in [0.3, 0.4) is 0 Å². The van der Waals surface area contributed by atoms with Gasteiger partial charge in [0, 0.05) is 6.54 Å². The van der Waals surface area contributed by atoms with E-state index in [0.717, 1.165) is 23.8 Å². The van der Waals surface area contributed by atoms with Gasteiger partial charge in [-0.1, -0.05) is 12.1 Å². The van der Waals surface area contributed by atoms with Crippen LogP contribution in [0.2, 0.25) is 0 Å². The highest BCUT2D eigenvalue weighted by Gasteiger charge is 2.14. The van der Waals surface area contributed by atoms with Gasteiger partial charge >= 0.3 is 0 Å². The molecule has 2 N–H and O–H groups in total. The highest BCUT2D eigenvalue weighted by atomic mass is 32.2. The minimum Gasteiger partial charge on any atom is -0.497 e. The molecule has 1 aliphatic rings. The third-order valence-corrected chi connectivity index (χ3v) is 4.64. The van der Waals surface area contributed by atoms with Crippen molar-refractivity contribution < 1.29 is 9.84 Å². The second kappa shape index (κ2) is 7.78. The van der Waals surface area contributed by atoms with Crippen molar-refractivity contribution in [1.29, 1.82) is 0 Å². The lowest BCUT2D eigenvalue weighted by atomic mass is 10.0. The Labute approximate surface area is 119 Å². The van der Waals surface area contributed by atoms with E-state index in [9.17, 15) is 5.11 Å². The predicted molar refractivity (Wildman–Crippen MR) is 80.9 cm³/mol. The van der Waals surface area contributed by atoms with Gasteiger partial charge in [-0.15, -0.1) is 0 Å². The zero-order chi connectivity index (χ0) is 13.5. The summed E-state index contributed by atoms with van der Waals surface area (Å²) < 4.78 is 5.17. The minimum atomic E-state index is -0.465. The Kier molecular flexibility index (Phi) is 6.01. The summed E-state index contributed by atoms with van der Waals surface area (Å²) in [5.41, 5.74) is 0.908. The molecule has 0 bridgehead atoms. The van der Waals surface area contributed by atoms with E-state index in [1.807, 2.05) is 36.0 Å². The smallest absolute Gasteiger partial charge is 0.119 e. The molecular formula is C15H23NO2S. The molecule has 1 atom stereocenters. The Balaban J connectivity index is 1.75. The summed E-state index contributed by atoms with van der Waals surface area (Å²) in [6.07, 6.45) is 2.13. The molecule has 1 heterocycles. The topological polar surface area (TPSA) is 41.5 Å². The number of hydrogen-bond donors (Lipinski definition) is 2. The third-order valence-electron chi connectivity index (χ3n) is 3.59. The van der Waals surface area contributed by atoms with Crippen LogP contribution in [0.1, 0.15) is 24.5 Å². The molecule has 1 unspecified atom stereocenters. The molecule has 0 aliphatic carbocycles. The van der Waals surface area contributed by atoms with Crippen LogP contribution in [-0.2, 0) is 0 Å². The van der Waals surface area contributed by atoms with E-state index >= 15 is 0 Å². The molecular weight excluding hydrogens is 258 g/mol. The standard InChI is InChI=1S/C15H23NO2S/c1-18-14-4-2-3-13(9-14)15(17)11-16-10-12-5-7-19-8-6-12/h2-4,9,12,15-17H,5-8,10-11H2,1H3. The molecule has 0 saturated carbocycles. The Hall–Kier alpha value is -0.710. The van der Waals surface area contributed by atoms with Crippen LogP contribution in [0.5, 0.6) is 5.75 Å². The van der Waals surface area contributed by atoms with Crippen LogP contribution in [0.15, 0.2) is 24.3 Å².